The zero-order valence-electron chi connectivity index (χ0n) is 17.6. The predicted octanol–water partition coefficient (Wildman–Crippen LogP) is 5.52. The van der Waals surface area contributed by atoms with E-state index in [9.17, 15) is 5.11 Å². The maximum atomic E-state index is 12.0. The molecule has 0 radical (unpaired) electrons. The number of hydrogen-bond acceptors (Lipinski definition) is 2. The van der Waals surface area contributed by atoms with Crippen LogP contribution >= 0.6 is 0 Å². The molecule has 0 unspecified atom stereocenters. The van der Waals surface area contributed by atoms with Crippen LogP contribution in [0.3, 0.4) is 0 Å². The smallest absolute Gasteiger partial charge is 0.132 e. The molecular formula is C28H29NO. The molecule has 3 aromatic rings. The van der Waals surface area contributed by atoms with E-state index < -0.39 is 5.60 Å². The summed E-state index contributed by atoms with van der Waals surface area (Å²) in [5.41, 5.74) is 2.20. The average molecular weight is 396 g/mol. The van der Waals surface area contributed by atoms with E-state index >= 15 is 0 Å². The van der Waals surface area contributed by atoms with Gasteiger partial charge < -0.3 is 10.4 Å². The number of benzene rings is 3. The van der Waals surface area contributed by atoms with E-state index in [4.69, 9.17) is 0 Å². The highest BCUT2D eigenvalue weighted by molar-refractivity contribution is 5.38. The molecule has 3 aromatic carbocycles. The molecule has 1 saturated heterocycles. The summed E-state index contributed by atoms with van der Waals surface area (Å²) in [5.74, 6) is 6.79. The molecule has 1 aliphatic heterocycles. The minimum Gasteiger partial charge on any atom is -0.377 e. The van der Waals surface area contributed by atoms with E-state index in [2.05, 4.69) is 79.5 Å². The Kier molecular flexibility index (Phi) is 6.04. The summed E-state index contributed by atoms with van der Waals surface area (Å²) < 4.78 is 0. The predicted molar refractivity (Wildman–Crippen MR) is 123 cm³/mol. The SMILES string of the molecule is CC(C)[C@@H]1[C@H](c2ccccc2)N[C@@H](c2ccccc2)C[C@]1(O)C#Cc1ccccc1. The minimum absolute atomic E-state index is 0.0141. The molecule has 152 valence electrons. The fraction of sp³-hybridized carbons (Fsp3) is 0.286. The van der Waals surface area contributed by atoms with Gasteiger partial charge in [0, 0.05) is 30.0 Å². The highest BCUT2D eigenvalue weighted by atomic mass is 16.3. The zero-order valence-corrected chi connectivity index (χ0v) is 17.6. The molecule has 2 N–H and O–H groups in total. The van der Waals surface area contributed by atoms with Crippen LogP contribution in [0.4, 0.5) is 0 Å². The van der Waals surface area contributed by atoms with Crippen molar-refractivity contribution in [2.24, 2.45) is 11.8 Å². The fourth-order valence-electron chi connectivity index (χ4n) is 4.74. The topological polar surface area (TPSA) is 32.3 Å². The first kappa shape index (κ1) is 20.4. The van der Waals surface area contributed by atoms with E-state index in [0.717, 1.165) is 5.56 Å². The lowest BCUT2D eigenvalue weighted by Crippen LogP contribution is -2.54. The van der Waals surface area contributed by atoms with Crippen LogP contribution in [0, 0.1) is 23.7 Å². The summed E-state index contributed by atoms with van der Waals surface area (Å²) in [4.78, 5) is 0. The van der Waals surface area contributed by atoms with Gasteiger partial charge in [0.1, 0.15) is 5.60 Å². The van der Waals surface area contributed by atoms with Crippen LogP contribution in [-0.2, 0) is 0 Å². The van der Waals surface area contributed by atoms with Crippen LogP contribution in [0.5, 0.6) is 0 Å². The first-order valence-electron chi connectivity index (χ1n) is 10.7. The normalized spacial score (nSPS) is 26.1. The largest absolute Gasteiger partial charge is 0.377 e. The lowest BCUT2D eigenvalue weighted by atomic mass is 9.67. The monoisotopic (exact) mass is 395 g/mol. The molecule has 0 aromatic heterocycles. The Morgan fingerprint density at radius 2 is 1.37 bits per heavy atom. The molecule has 0 saturated carbocycles. The summed E-state index contributed by atoms with van der Waals surface area (Å²) >= 11 is 0. The Balaban J connectivity index is 1.79. The van der Waals surface area contributed by atoms with E-state index in [-0.39, 0.29) is 23.9 Å². The van der Waals surface area contributed by atoms with E-state index in [1.807, 2.05) is 42.5 Å². The van der Waals surface area contributed by atoms with Crippen molar-refractivity contribution < 1.29 is 5.11 Å². The molecule has 1 aliphatic rings. The minimum atomic E-state index is -1.10. The molecule has 0 spiro atoms. The molecule has 0 aliphatic carbocycles. The Hall–Kier alpha value is -2.86. The van der Waals surface area contributed by atoms with Gasteiger partial charge in [-0.25, -0.2) is 0 Å². The molecule has 1 heterocycles. The lowest BCUT2D eigenvalue weighted by molar-refractivity contribution is -0.0478. The van der Waals surface area contributed by atoms with Gasteiger partial charge in [-0.15, -0.1) is 0 Å². The van der Waals surface area contributed by atoms with Crippen LogP contribution in [0.15, 0.2) is 91.0 Å². The van der Waals surface area contributed by atoms with Gasteiger partial charge in [-0.1, -0.05) is 105 Å². The van der Waals surface area contributed by atoms with Crippen LogP contribution in [0.1, 0.15) is 49.0 Å². The van der Waals surface area contributed by atoms with Crippen molar-refractivity contribution in [3.8, 4) is 11.8 Å². The third kappa shape index (κ3) is 4.33. The Labute approximate surface area is 180 Å². The Morgan fingerprint density at radius 1 is 0.833 bits per heavy atom. The third-order valence-corrected chi connectivity index (χ3v) is 6.08. The van der Waals surface area contributed by atoms with Gasteiger partial charge in [-0.2, -0.15) is 0 Å². The van der Waals surface area contributed by atoms with Gasteiger partial charge in [-0.05, 0) is 29.2 Å². The van der Waals surface area contributed by atoms with Crippen LogP contribution in [-0.4, -0.2) is 10.7 Å². The van der Waals surface area contributed by atoms with Crippen LogP contribution in [0.2, 0.25) is 0 Å². The fourth-order valence-corrected chi connectivity index (χ4v) is 4.74. The Bertz CT molecular complexity index is 1000. The maximum absolute atomic E-state index is 12.0. The van der Waals surface area contributed by atoms with Gasteiger partial charge in [0.2, 0.25) is 0 Å². The summed E-state index contributed by atoms with van der Waals surface area (Å²) in [5, 5.41) is 15.9. The second-order valence-electron chi connectivity index (χ2n) is 8.53. The molecule has 4 atom stereocenters. The maximum Gasteiger partial charge on any atom is 0.132 e. The second-order valence-corrected chi connectivity index (χ2v) is 8.53. The molecule has 4 rings (SSSR count). The second kappa shape index (κ2) is 8.88. The quantitative estimate of drug-likeness (QED) is 0.573. The van der Waals surface area contributed by atoms with E-state index in [0.29, 0.717) is 6.42 Å². The summed E-state index contributed by atoms with van der Waals surface area (Å²) in [7, 11) is 0. The van der Waals surface area contributed by atoms with Crippen LogP contribution < -0.4 is 5.32 Å². The molecule has 0 bridgehead atoms. The average Bonchev–Trinajstić information content (AvgIpc) is 2.79. The van der Waals surface area contributed by atoms with Gasteiger partial charge in [-0.3, -0.25) is 0 Å². The number of piperidine rings is 1. The lowest BCUT2D eigenvalue weighted by Gasteiger charge is -2.48. The van der Waals surface area contributed by atoms with Gasteiger partial charge in [0.25, 0.3) is 0 Å². The summed E-state index contributed by atoms with van der Waals surface area (Å²) in [6, 6.07) is 30.8. The molecule has 30 heavy (non-hydrogen) atoms. The van der Waals surface area contributed by atoms with Crippen molar-refractivity contribution in [2.45, 2.75) is 38.0 Å². The number of hydrogen-bond donors (Lipinski definition) is 2. The molecule has 2 nitrogen and oxygen atoms in total. The van der Waals surface area contributed by atoms with Crippen molar-refractivity contribution in [1.82, 2.24) is 5.32 Å². The van der Waals surface area contributed by atoms with Crippen molar-refractivity contribution in [3.63, 3.8) is 0 Å². The third-order valence-electron chi connectivity index (χ3n) is 6.08. The first-order chi connectivity index (χ1) is 14.6. The zero-order chi connectivity index (χ0) is 21.0. The molecule has 2 heteroatoms. The summed E-state index contributed by atoms with van der Waals surface area (Å²) in [6.07, 6.45) is 0.559. The van der Waals surface area contributed by atoms with Crippen molar-refractivity contribution >= 4 is 0 Å². The number of rotatable bonds is 3. The molecule has 0 amide bonds. The van der Waals surface area contributed by atoms with Gasteiger partial charge in [0.15, 0.2) is 0 Å². The number of aliphatic hydroxyl groups is 1. The van der Waals surface area contributed by atoms with Crippen molar-refractivity contribution in [3.05, 3.63) is 108 Å². The highest BCUT2D eigenvalue weighted by Gasteiger charge is 2.48. The van der Waals surface area contributed by atoms with Gasteiger partial charge in [0.05, 0.1) is 0 Å². The van der Waals surface area contributed by atoms with E-state index in [1.165, 1.54) is 11.1 Å². The first-order valence-corrected chi connectivity index (χ1v) is 10.7. The van der Waals surface area contributed by atoms with Gasteiger partial charge >= 0.3 is 0 Å². The Morgan fingerprint density at radius 3 is 1.93 bits per heavy atom. The van der Waals surface area contributed by atoms with E-state index in [1.54, 1.807) is 0 Å². The highest BCUT2D eigenvalue weighted by Crippen LogP contribution is 2.46. The molecular weight excluding hydrogens is 366 g/mol. The molecule has 1 fully saturated rings. The number of nitrogens with one attached hydrogen (secondary N) is 1. The summed E-state index contributed by atoms with van der Waals surface area (Å²) in [6.45, 7) is 4.36. The standard InChI is InChI=1S/C28H29NO/c1-21(2)26-27(24-16-10-5-11-17-24)29-25(23-14-8-4-9-15-23)20-28(26,30)19-18-22-12-6-3-7-13-22/h3-17,21,25-27,29-30H,20H2,1-2H3/t25-,26-,27+,28-/m1/s1. The van der Waals surface area contributed by atoms with Crippen LogP contribution in [0.25, 0.3) is 0 Å². The van der Waals surface area contributed by atoms with Crippen molar-refractivity contribution in [1.29, 1.82) is 0 Å². The van der Waals surface area contributed by atoms with Crippen molar-refractivity contribution in [2.75, 3.05) is 0 Å².